The molecule has 0 spiro atoms. The maximum absolute atomic E-state index is 14.2. The second kappa shape index (κ2) is 6.47. The number of carbonyl (C=O) groups is 1. The van der Waals surface area contributed by atoms with Gasteiger partial charge >= 0.3 is 6.18 Å². The molecular formula is C15H12ClF4N3O2. The molecule has 0 aliphatic heterocycles. The predicted molar refractivity (Wildman–Crippen MR) is 82.9 cm³/mol. The van der Waals surface area contributed by atoms with Crippen LogP contribution in [0, 0.1) is 5.82 Å². The molecule has 1 heterocycles. The van der Waals surface area contributed by atoms with Crippen LogP contribution in [0.15, 0.2) is 23.0 Å². The summed E-state index contributed by atoms with van der Waals surface area (Å²) in [7, 11) is 3.86. The third kappa shape index (κ3) is 3.65. The fraction of sp³-hybridized carbons (Fsp3) is 0.267. The van der Waals surface area contributed by atoms with Gasteiger partial charge in [0.1, 0.15) is 17.2 Å². The van der Waals surface area contributed by atoms with Gasteiger partial charge in [0.2, 0.25) is 5.43 Å². The number of hydrogen-bond acceptors (Lipinski definition) is 3. The van der Waals surface area contributed by atoms with Crippen molar-refractivity contribution in [3.8, 4) is 11.3 Å². The van der Waals surface area contributed by atoms with E-state index < -0.39 is 40.3 Å². The molecule has 0 radical (unpaired) electrons. The van der Waals surface area contributed by atoms with Crippen molar-refractivity contribution in [3.05, 3.63) is 50.5 Å². The summed E-state index contributed by atoms with van der Waals surface area (Å²) >= 11 is 5.84. The zero-order valence-electron chi connectivity index (χ0n) is 13.3. The van der Waals surface area contributed by atoms with Crippen molar-refractivity contribution in [2.45, 2.75) is 6.18 Å². The molecule has 2 aromatic rings. The smallest absolute Gasteiger partial charge is 0.345 e. The number of carbonyl (C=O) groups excluding carboxylic acids is 1. The number of halogens is 5. The van der Waals surface area contributed by atoms with E-state index in [2.05, 4.69) is 5.10 Å². The monoisotopic (exact) mass is 377 g/mol. The van der Waals surface area contributed by atoms with Gasteiger partial charge in [-0.2, -0.15) is 18.3 Å². The van der Waals surface area contributed by atoms with Gasteiger partial charge in [-0.25, -0.2) is 4.39 Å². The fourth-order valence-corrected chi connectivity index (χ4v) is 2.36. The Balaban J connectivity index is 2.71. The molecule has 0 aliphatic carbocycles. The van der Waals surface area contributed by atoms with Gasteiger partial charge in [-0.05, 0) is 12.1 Å². The number of aryl methyl sites for hydroxylation is 1. The zero-order chi connectivity index (χ0) is 19.1. The Labute approximate surface area is 144 Å². The second-order valence-corrected chi connectivity index (χ2v) is 5.78. The molecule has 0 atom stereocenters. The minimum atomic E-state index is -4.79. The van der Waals surface area contributed by atoms with Crippen molar-refractivity contribution in [1.82, 2.24) is 14.7 Å². The van der Waals surface area contributed by atoms with Crippen molar-refractivity contribution < 1.29 is 22.4 Å². The molecule has 0 N–H and O–H groups in total. The lowest BCUT2D eigenvalue weighted by Crippen LogP contribution is -2.24. The molecule has 5 nitrogen and oxygen atoms in total. The van der Waals surface area contributed by atoms with E-state index in [-0.39, 0.29) is 10.6 Å². The van der Waals surface area contributed by atoms with E-state index >= 15 is 0 Å². The first-order valence-corrected chi connectivity index (χ1v) is 7.18. The Morgan fingerprint density at radius 1 is 1.24 bits per heavy atom. The molecule has 134 valence electrons. The van der Waals surface area contributed by atoms with E-state index in [4.69, 9.17) is 11.6 Å². The summed E-state index contributed by atoms with van der Waals surface area (Å²) in [5.74, 6) is -1.54. The number of rotatable bonds is 2. The van der Waals surface area contributed by atoms with Crippen molar-refractivity contribution in [1.29, 1.82) is 0 Å². The Morgan fingerprint density at radius 2 is 1.84 bits per heavy atom. The lowest BCUT2D eigenvalue weighted by Gasteiger charge is -2.15. The molecule has 10 heteroatoms. The summed E-state index contributed by atoms with van der Waals surface area (Å²) in [5.41, 5.74) is -3.48. The van der Waals surface area contributed by atoms with Gasteiger partial charge in [-0.3, -0.25) is 14.3 Å². The van der Waals surface area contributed by atoms with Crippen LogP contribution >= 0.6 is 11.6 Å². The fourth-order valence-electron chi connectivity index (χ4n) is 2.13. The minimum absolute atomic E-state index is 0.105. The molecule has 0 saturated heterocycles. The molecule has 0 aliphatic rings. The van der Waals surface area contributed by atoms with E-state index in [0.29, 0.717) is 10.7 Å². The van der Waals surface area contributed by atoms with Gasteiger partial charge in [0.05, 0.1) is 10.6 Å². The topological polar surface area (TPSA) is 55.2 Å². The normalized spacial score (nSPS) is 11.5. The second-order valence-electron chi connectivity index (χ2n) is 5.38. The van der Waals surface area contributed by atoms with Crippen LogP contribution in [0.25, 0.3) is 11.3 Å². The average molecular weight is 378 g/mol. The molecule has 0 bridgehead atoms. The van der Waals surface area contributed by atoms with Crippen LogP contribution in [0.5, 0.6) is 0 Å². The lowest BCUT2D eigenvalue weighted by molar-refractivity contribution is -0.144. The average Bonchev–Trinajstić information content (AvgIpc) is 2.48. The van der Waals surface area contributed by atoms with Gasteiger partial charge in [-0.15, -0.1) is 0 Å². The number of amides is 1. The first kappa shape index (κ1) is 18.9. The molecule has 1 aromatic heterocycles. The highest BCUT2D eigenvalue weighted by molar-refractivity contribution is 6.34. The summed E-state index contributed by atoms with van der Waals surface area (Å²) in [5, 5.41) is 3.33. The van der Waals surface area contributed by atoms with Gasteiger partial charge in [0, 0.05) is 32.8 Å². The van der Waals surface area contributed by atoms with Crippen LogP contribution in [0.1, 0.15) is 16.1 Å². The number of hydrogen-bond donors (Lipinski definition) is 0. The van der Waals surface area contributed by atoms with Crippen LogP contribution in [-0.2, 0) is 13.2 Å². The van der Waals surface area contributed by atoms with Gasteiger partial charge in [0.15, 0.2) is 0 Å². The van der Waals surface area contributed by atoms with Crippen LogP contribution in [-0.4, -0.2) is 34.7 Å². The summed E-state index contributed by atoms with van der Waals surface area (Å²) in [6.07, 6.45) is -4.79. The zero-order valence-corrected chi connectivity index (χ0v) is 14.0. The van der Waals surface area contributed by atoms with E-state index in [0.717, 1.165) is 19.2 Å². The Hall–Kier alpha value is -2.42. The molecule has 25 heavy (non-hydrogen) atoms. The highest BCUT2D eigenvalue weighted by Crippen LogP contribution is 2.30. The first-order chi connectivity index (χ1) is 11.4. The molecule has 0 saturated carbocycles. The van der Waals surface area contributed by atoms with E-state index in [1.165, 1.54) is 19.0 Å². The van der Waals surface area contributed by atoms with Gasteiger partial charge in [-0.1, -0.05) is 11.6 Å². The molecule has 2 rings (SSSR count). The largest absolute Gasteiger partial charge is 0.433 e. The lowest BCUT2D eigenvalue weighted by atomic mass is 10.1. The van der Waals surface area contributed by atoms with E-state index in [9.17, 15) is 27.2 Å². The highest BCUT2D eigenvalue weighted by atomic mass is 35.5. The molecule has 1 amide bonds. The maximum Gasteiger partial charge on any atom is 0.433 e. The minimum Gasteiger partial charge on any atom is -0.345 e. The summed E-state index contributed by atoms with van der Waals surface area (Å²) in [4.78, 5) is 25.3. The molecule has 1 aromatic carbocycles. The van der Waals surface area contributed by atoms with Crippen LogP contribution in [0.4, 0.5) is 17.6 Å². The number of nitrogens with zero attached hydrogens (tertiary/aromatic N) is 3. The number of alkyl halides is 3. The maximum atomic E-state index is 14.2. The van der Waals surface area contributed by atoms with Gasteiger partial charge in [0.25, 0.3) is 5.91 Å². The summed E-state index contributed by atoms with van der Waals surface area (Å²) in [6, 6.07) is 2.13. The predicted octanol–water partition coefficient (Wildman–Crippen LogP) is 2.96. The van der Waals surface area contributed by atoms with Crippen molar-refractivity contribution in [2.24, 2.45) is 7.05 Å². The quantitative estimate of drug-likeness (QED) is 0.756. The highest BCUT2D eigenvalue weighted by Gasteiger charge is 2.35. The molecule has 0 fully saturated rings. The Morgan fingerprint density at radius 3 is 2.36 bits per heavy atom. The summed E-state index contributed by atoms with van der Waals surface area (Å²) < 4.78 is 53.1. The third-order valence-corrected chi connectivity index (χ3v) is 3.65. The molecule has 0 unspecified atom stereocenters. The molecular weight excluding hydrogens is 366 g/mol. The van der Waals surface area contributed by atoms with Crippen molar-refractivity contribution in [2.75, 3.05) is 14.1 Å². The first-order valence-electron chi connectivity index (χ1n) is 6.80. The van der Waals surface area contributed by atoms with Crippen LogP contribution in [0.2, 0.25) is 5.02 Å². The van der Waals surface area contributed by atoms with E-state index in [1.54, 1.807) is 0 Å². The Kier molecular flexibility index (Phi) is 4.90. The van der Waals surface area contributed by atoms with E-state index in [1.807, 2.05) is 0 Å². The van der Waals surface area contributed by atoms with Crippen LogP contribution < -0.4 is 5.43 Å². The summed E-state index contributed by atoms with van der Waals surface area (Å²) in [6.45, 7) is 0. The van der Waals surface area contributed by atoms with Gasteiger partial charge < -0.3 is 4.90 Å². The SMILES string of the molecule is CN(C)C(=O)c1cc(-c2nn(C)c(C(F)(F)F)cc2=O)c(F)cc1Cl. The van der Waals surface area contributed by atoms with Crippen LogP contribution in [0.3, 0.4) is 0 Å². The Bertz CT molecular complexity index is 907. The number of aromatic nitrogens is 2. The van der Waals surface area contributed by atoms with Crippen molar-refractivity contribution in [3.63, 3.8) is 0 Å². The van der Waals surface area contributed by atoms with Crippen molar-refractivity contribution >= 4 is 17.5 Å². The standard InChI is InChI=1S/C15H12ClF4N3O2/c1-22(2)14(25)7-4-8(10(17)5-9(7)16)13-11(24)6-12(15(18,19)20)23(3)21-13/h4-6H,1-3H3. The third-order valence-electron chi connectivity index (χ3n) is 3.34. The number of benzene rings is 1.